The van der Waals surface area contributed by atoms with Crippen molar-refractivity contribution < 1.29 is 4.79 Å². The van der Waals surface area contributed by atoms with Crippen molar-refractivity contribution in [1.82, 2.24) is 20.1 Å². The maximum Gasteiger partial charge on any atom is 0.317 e. The summed E-state index contributed by atoms with van der Waals surface area (Å²) in [5.41, 5.74) is 4.16. The lowest BCUT2D eigenvalue weighted by Gasteiger charge is -2.47. The van der Waals surface area contributed by atoms with Gasteiger partial charge in [0.1, 0.15) is 0 Å². The number of fused-ring (bicyclic) bond motifs is 2. The number of carbonyl (C=O) groups is 1. The van der Waals surface area contributed by atoms with Crippen LogP contribution in [-0.4, -0.2) is 59.1 Å². The predicted molar refractivity (Wildman–Crippen MR) is 110 cm³/mol. The Balaban J connectivity index is 1.63. The van der Waals surface area contributed by atoms with Gasteiger partial charge in [-0.1, -0.05) is 19.1 Å². The molecule has 0 spiro atoms. The maximum atomic E-state index is 12.6. The van der Waals surface area contributed by atoms with E-state index in [1.807, 2.05) is 18.7 Å². The quantitative estimate of drug-likeness (QED) is 0.845. The van der Waals surface area contributed by atoms with Crippen molar-refractivity contribution in [3.8, 4) is 0 Å². The largest absolute Gasteiger partial charge is 0.361 e. The van der Waals surface area contributed by atoms with Gasteiger partial charge in [-0.15, -0.1) is 0 Å². The first-order chi connectivity index (χ1) is 13.2. The van der Waals surface area contributed by atoms with Crippen molar-refractivity contribution in [2.75, 3.05) is 26.2 Å². The first-order valence-corrected chi connectivity index (χ1v) is 10.5. The fourth-order valence-corrected chi connectivity index (χ4v) is 5.22. The van der Waals surface area contributed by atoms with Gasteiger partial charge >= 0.3 is 6.03 Å². The Morgan fingerprint density at radius 3 is 2.85 bits per heavy atom. The van der Waals surface area contributed by atoms with Crippen molar-refractivity contribution in [1.29, 1.82) is 0 Å². The van der Waals surface area contributed by atoms with Gasteiger partial charge in [-0.05, 0) is 56.8 Å². The highest BCUT2D eigenvalue weighted by Gasteiger charge is 2.41. The van der Waals surface area contributed by atoms with Crippen LogP contribution in [0.5, 0.6) is 0 Å². The number of nitrogens with zero attached hydrogens (tertiary/aromatic N) is 2. The van der Waals surface area contributed by atoms with Crippen LogP contribution in [0.1, 0.15) is 50.7 Å². The number of amides is 2. The van der Waals surface area contributed by atoms with E-state index in [0.717, 1.165) is 45.4 Å². The molecule has 146 valence electrons. The van der Waals surface area contributed by atoms with E-state index in [1.54, 1.807) is 0 Å². The predicted octanol–water partition coefficient (Wildman–Crippen LogP) is 3.71. The van der Waals surface area contributed by atoms with Crippen LogP contribution in [0.15, 0.2) is 24.4 Å². The molecule has 1 aromatic heterocycles. The molecule has 0 saturated carbocycles. The Kier molecular flexibility index (Phi) is 5.13. The molecule has 0 bridgehead atoms. The summed E-state index contributed by atoms with van der Waals surface area (Å²) in [6.45, 7) is 9.89. The number of aromatic nitrogens is 1. The van der Waals surface area contributed by atoms with Gasteiger partial charge in [-0.25, -0.2) is 4.79 Å². The molecule has 2 aliphatic rings. The fraction of sp³-hybridized carbons (Fsp3) is 0.591. The van der Waals surface area contributed by atoms with Crippen molar-refractivity contribution in [2.24, 2.45) is 0 Å². The fourth-order valence-electron chi connectivity index (χ4n) is 5.22. The molecular weight excluding hydrogens is 336 g/mol. The number of carbonyl (C=O) groups excluding carboxylic acids is 1. The second-order valence-electron chi connectivity index (χ2n) is 8.01. The number of rotatable bonds is 5. The van der Waals surface area contributed by atoms with Crippen LogP contribution < -0.4 is 5.32 Å². The van der Waals surface area contributed by atoms with E-state index in [9.17, 15) is 4.79 Å². The Bertz CT molecular complexity index is 810. The van der Waals surface area contributed by atoms with Gasteiger partial charge in [-0.3, -0.25) is 4.90 Å². The van der Waals surface area contributed by atoms with Gasteiger partial charge < -0.3 is 15.2 Å². The zero-order valence-electron chi connectivity index (χ0n) is 16.8. The number of likely N-dealkylation sites (tertiary alicyclic amines) is 1. The Labute approximate surface area is 162 Å². The zero-order chi connectivity index (χ0) is 19.0. The molecule has 2 aromatic rings. The van der Waals surface area contributed by atoms with Crippen molar-refractivity contribution in [3.05, 3.63) is 35.5 Å². The molecule has 0 radical (unpaired) electrons. The topological polar surface area (TPSA) is 51.4 Å². The Morgan fingerprint density at radius 2 is 2.11 bits per heavy atom. The highest BCUT2D eigenvalue weighted by Crippen LogP contribution is 2.43. The van der Waals surface area contributed by atoms with E-state index in [-0.39, 0.29) is 12.1 Å². The third-order valence-corrected chi connectivity index (χ3v) is 6.46. The normalized spacial score (nSPS) is 24.6. The summed E-state index contributed by atoms with van der Waals surface area (Å²) in [7, 11) is 0. The Morgan fingerprint density at radius 1 is 1.30 bits per heavy atom. The van der Waals surface area contributed by atoms with Gasteiger partial charge in [0.15, 0.2) is 0 Å². The summed E-state index contributed by atoms with van der Waals surface area (Å²) >= 11 is 0. The third-order valence-electron chi connectivity index (χ3n) is 6.46. The molecule has 2 N–H and O–H groups in total. The minimum absolute atomic E-state index is 0.0799. The van der Waals surface area contributed by atoms with E-state index in [1.165, 1.54) is 22.0 Å². The summed E-state index contributed by atoms with van der Waals surface area (Å²) in [6.07, 6.45) is 5.48. The average molecular weight is 369 g/mol. The smallest absolute Gasteiger partial charge is 0.317 e. The monoisotopic (exact) mass is 368 g/mol. The van der Waals surface area contributed by atoms with Gasteiger partial charge in [0, 0.05) is 54.7 Å². The molecule has 2 heterocycles. The molecule has 5 nitrogen and oxygen atoms in total. The molecule has 1 aromatic carbocycles. The summed E-state index contributed by atoms with van der Waals surface area (Å²) in [4.78, 5) is 20.6. The van der Waals surface area contributed by atoms with Crippen LogP contribution in [0.4, 0.5) is 4.79 Å². The first-order valence-electron chi connectivity index (χ1n) is 10.5. The van der Waals surface area contributed by atoms with Gasteiger partial charge in [-0.2, -0.15) is 0 Å². The standard InChI is InChI=1S/C22H32N4O/c1-4-10-26-14-16(24-22(27)25(5-2)6-3)12-18-17-8-7-9-19-21(17)15(13-23-19)11-20(18)26/h7-9,13,16,18,20,23H,4-6,10-12,14H2,1-3H3,(H,24,27)/t16-,18+,20-/m0/s1. The minimum atomic E-state index is 0.0799. The number of aromatic amines is 1. The number of hydrogen-bond donors (Lipinski definition) is 2. The highest BCUT2D eigenvalue weighted by molar-refractivity contribution is 5.88. The SMILES string of the molecule is CCCN1C[C@@H](NC(=O)N(CC)CC)C[C@@H]2c3cccc4[nH]cc(c34)C[C@@H]21. The van der Waals surface area contributed by atoms with Crippen LogP contribution in [0.25, 0.3) is 10.9 Å². The molecule has 1 aliphatic carbocycles. The van der Waals surface area contributed by atoms with Crippen molar-refractivity contribution in [3.63, 3.8) is 0 Å². The summed E-state index contributed by atoms with van der Waals surface area (Å²) in [6, 6.07) is 7.48. The second-order valence-corrected chi connectivity index (χ2v) is 8.01. The lowest BCUT2D eigenvalue weighted by Crippen LogP contribution is -2.57. The van der Waals surface area contributed by atoms with E-state index in [2.05, 4.69) is 46.5 Å². The summed E-state index contributed by atoms with van der Waals surface area (Å²) < 4.78 is 0. The van der Waals surface area contributed by atoms with Crippen LogP contribution >= 0.6 is 0 Å². The average Bonchev–Trinajstić information content (AvgIpc) is 3.08. The molecular formula is C22H32N4O. The van der Waals surface area contributed by atoms with E-state index in [0.29, 0.717) is 12.0 Å². The summed E-state index contributed by atoms with van der Waals surface area (Å²) in [5.74, 6) is 0.485. The highest BCUT2D eigenvalue weighted by atomic mass is 16.2. The van der Waals surface area contributed by atoms with Gasteiger partial charge in [0.05, 0.1) is 0 Å². The number of nitrogens with one attached hydrogen (secondary N) is 2. The van der Waals surface area contributed by atoms with Crippen molar-refractivity contribution in [2.45, 2.75) is 58.0 Å². The van der Waals surface area contributed by atoms with Gasteiger partial charge in [0.2, 0.25) is 0 Å². The first kappa shape index (κ1) is 18.4. The number of urea groups is 1. The van der Waals surface area contributed by atoms with Gasteiger partial charge in [0.25, 0.3) is 0 Å². The van der Waals surface area contributed by atoms with Crippen molar-refractivity contribution >= 4 is 16.9 Å². The minimum Gasteiger partial charge on any atom is -0.361 e. The van der Waals surface area contributed by atoms with Crippen LogP contribution in [0, 0.1) is 0 Å². The lowest BCUT2D eigenvalue weighted by molar-refractivity contribution is 0.0980. The number of piperidine rings is 1. The van der Waals surface area contributed by atoms with Crippen LogP contribution in [0.2, 0.25) is 0 Å². The maximum absolute atomic E-state index is 12.6. The molecule has 1 fully saturated rings. The van der Waals surface area contributed by atoms with Crippen LogP contribution in [-0.2, 0) is 6.42 Å². The second kappa shape index (κ2) is 7.55. The molecule has 1 aliphatic heterocycles. The zero-order valence-corrected chi connectivity index (χ0v) is 16.8. The Hall–Kier alpha value is -2.01. The number of benzene rings is 1. The lowest BCUT2D eigenvalue weighted by atomic mass is 9.74. The van der Waals surface area contributed by atoms with E-state index in [4.69, 9.17) is 0 Å². The number of H-pyrrole nitrogens is 1. The van der Waals surface area contributed by atoms with Crippen LogP contribution in [0.3, 0.4) is 0 Å². The van der Waals surface area contributed by atoms with E-state index >= 15 is 0 Å². The van der Waals surface area contributed by atoms with E-state index < -0.39 is 0 Å². The molecule has 27 heavy (non-hydrogen) atoms. The molecule has 3 atom stereocenters. The molecule has 1 saturated heterocycles. The molecule has 5 heteroatoms. The number of hydrogen-bond acceptors (Lipinski definition) is 2. The third kappa shape index (κ3) is 3.22. The molecule has 2 amide bonds. The summed E-state index contributed by atoms with van der Waals surface area (Å²) in [5, 5.41) is 4.75. The molecule has 4 rings (SSSR count). The molecule has 0 unspecified atom stereocenters.